The summed E-state index contributed by atoms with van der Waals surface area (Å²) in [6.07, 6.45) is 1.36. The number of pyridine rings is 1. The van der Waals surface area contributed by atoms with Gasteiger partial charge in [0.05, 0.1) is 11.1 Å². The van der Waals surface area contributed by atoms with E-state index < -0.39 is 5.97 Å². The minimum Gasteiger partial charge on any atom is -0.478 e. The number of carboxylic acids is 1. The number of carbonyl (C=O) groups is 1. The number of fused-ring (bicyclic) bond motifs is 1. The van der Waals surface area contributed by atoms with Crippen LogP contribution in [0.5, 0.6) is 0 Å². The van der Waals surface area contributed by atoms with Crippen LogP contribution in [-0.4, -0.2) is 36.3 Å². The maximum atomic E-state index is 11.4. The molecule has 8 heteroatoms. The van der Waals surface area contributed by atoms with Gasteiger partial charge >= 0.3 is 5.97 Å². The molecule has 0 saturated heterocycles. The number of aryl methyl sites for hydroxylation is 1. The normalized spacial score (nSPS) is 10.8. The van der Waals surface area contributed by atoms with Crippen molar-refractivity contribution in [1.82, 2.24) is 25.2 Å². The van der Waals surface area contributed by atoms with Gasteiger partial charge in [0.15, 0.2) is 0 Å². The van der Waals surface area contributed by atoms with Crippen LogP contribution in [0.3, 0.4) is 0 Å². The average Bonchev–Trinajstić information content (AvgIpc) is 2.84. The lowest BCUT2D eigenvalue weighted by Gasteiger charge is -2.08. The number of para-hydroxylation sites is 1. The zero-order valence-corrected chi connectivity index (χ0v) is 11.2. The first-order valence-electron chi connectivity index (χ1n) is 5.68. The van der Waals surface area contributed by atoms with Crippen LogP contribution in [0.1, 0.15) is 10.4 Å². The molecule has 20 heavy (non-hydrogen) atoms. The third-order valence-corrected chi connectivity index (χ3v) is 3.90. The zero-order valence-electron chi connectivity index (χ0n) is 10.4. The van der Waals surface area contributed by atoms with Gasteiger partial charge in [0.1, 0.15) is 0 Å². The lowest BCUT2D eigenvalue weighted by Crippen LogP contribution is -2.02. The first-order chi connectivity index (χ1) is 9.66. The summed E-state index contributed by atoms with van der Waals surface area (Å²) in [5, 5.41) is 21.8. The lowest BCUT2D eigenvalue weighted by molar-refractivity contribution is 0.0693. The minimum atomic E-state index is -1.03. The van der Waals surface area contributed by atoms with Gasteiger partial charge in [-0.1, -0.05) is 18.2 Å². The molecule has 7 nitrogen and oxygen atoms in total. The molecule has 0 unspecified atom stereocenters. The molecule has 0 aliphatic heterocycles. The van der Waals surface area contributed by atoms with E-state index >= 15 is 0 Å². The molecule has 0 amide bonds. The number of hydrogen-bond donors (Lipinski definition) is 1. The second kappa shape index (κ2) is 4.89. The number of benzene rings is 1. The summed E-state index contributed by atoms with van der Waals surface area (Å²) in [5.41, 5.74) is 0.867. The van der Waals surface area contributed by atoms with Gasteiger partial charge in [-0.25, -0.2) is 9.48 Å². The van der Waals surface area contributed by atoms with Crippen molar-refractivity contribution in [2.45, 2.75) is 10.1 Å². The van der Waals surface area contributed by atoms with Gasteiger partial charge in [-0.15, -0.1) is 5.10 Å². The molecule has 2 aromatic heterocycles. The Morgan fingerprint density at radius 3 is 2.85 bits per heavy atom. The van der Waals surface area contributed by atoms with E-state index in [-0.39, 0.29) is 5.56 Å². The summed E-state index contributed by atoms with van der Waals surface area (Å²) in [7, 11) is 1.70. The summed E-state index contributed by atoms with van der Waals surface area (Å²) in [5.74, 6) is -1.03. The molecular weight excluding hydrogens is 278 g/mol. The highest BCUT2D eigenvalue weighted by molar-refractivity contribution is 7.99. The predicted molar refractivity (Wildman–Crippen MR) is 71.6 cm³/mol. The Balaban J connectivity index is 2.22. The van der Waals surface area contributed by atoms with Crippen LogP contribution in [0.15, 0.2) is 40.5 Å². The molecule has 3 aromatic rings. The van der Waals surface area contributed by atoms with E-state index in [1.54, 1.807) is 7.05 Å². The fourth-order valence-electron chi connectivity index (χ4n) is 1.78. The highest BCUT2D eigenvalue weighted by Crippen LogP contribution is 2.34. The largest absolute Gasteiger partial charge is 0.478 e. The molecule has 2 heterocycles. The maximum absolute atomic E-state index is 11.4. The van der Waals surface area contributed by atoms with Gasteiger partial charge in [0.2, 0.25) is 5.16 Å². The second-order valence-corrected chi connectivity index (χ2v) is 4.99. The molecule has 0 aliphatic carbocycles. The Hall–Kier alpha value is -2.48. The predicted octanol–water partition coefficient (Wildman–Crippen LogP) is 1.61. The van der Waals surface area contributed by atoms with Gasteiger partial charge in [0, 0.05) is 23.5 Å². The third-order valence-electron chi connectivity index (χ3n) is 2.73. The molecule has 0 aliphatic rings. The summed E-state index contributed by atoms with van der Waals surface area (Å²) >= 11 is 1.21. The Morgan fingerprint density at radius 2 is 2.15 bits per heavy atom. The Morgan fingerprint density at radius 1 is 1.35 bits per heavy atom. The van der Waals surface area contributed by atoms with E-state index in [0.29, 0.717) is 10.1 Å². The first-order valence-corrected chi connectivity index (χ1v) is 6.49. The van der Waals surface area contributed by atoms with Crippen LogP contribution in [-0.2, 0) is 7.05 Å². The van der Waals surface area contributed by atoms with Crippen molar-refractivity contribution in [2.75, 3.05) is 0 Å². The number of carboxylic acid groups (broad SMARTS) is 1. The van der Waals surface area contributed by atoms with Gasteiger partial charge in [0.25, 0.3) is 0 Å². The Kier molecular flexibility index (Phi) is 3.07. The van der Waals surface area contributed by atoms with Crippen LogP contribution < -0.4 is 0 Å². The smallest absolute Gasteiger partial charge is 0.338 e. The highest BCUT2D eigenvalue weighted by Gasteiger charge is 2.17. The molecule has 1 N–H and O–H groups in total. The van der Waals surface area contributed by atoms with Crippen molar-refractivity contribution in [2.24, 2.45) is 7.05 Å². The number of aromatic carboxylic acids is 1. The van der Waals surface area contributed by atoms with Crippen molar-refractivity contribution in [3.05, 3.63) is 36.0 Å². The van der Waals surface area contributed by atoms with E-state index in [1.807, 2.05) is 24.3 Å². The Bertz CT molecular complexity index is 801. The van der Waals surface area contributed by atoms with Crippen LogP contribution in [0.4, 0.5) is 0 Å². The number of nitrogens with zero attached hydrogens (tertiary/aromatic N) is 5. The van der Waals surface area contributed by atoms with E-state index in [9.17, 15) is 9.90 Å². The number of aromatic nitrogens is 5. The summed E-state index contributed by atoms with van der Waals surface area (Å²) in [4.78, 5) is 16.1. The SMILES string of the molecule is Cn1nnnc1Sc1c(C(=O)O)cnc2ccccc12. The number of hydrogen-bond acceptors (Lipinski definition) is 6. The number of rotatable bonds is 3. The van der Waals surface area contributed by atoms with E-state index in [1.165, 1.54) is 22.6 Å². The summed E-state index contributed by atoms with van der Waals surface area (Å²) in [6.45, 7) is 0. The highest BCUT2D eigenvalue weighted by atomic mass is 32.2. The van der Waals surface area contributed by atoms with Crippen molar-refractivity contribution in [3.8, 4) is 0 Å². The summed E-state index contributed by atoms with van der Waals surface area (Å²) < 4.78 is 1.49. The zero-order chi connectivity index (χ0) is 14.1. The lowest BCUT2D eigenvalue weighted by atomic mass is 10.1. The molecule has 0 bridgehead atoms. The maximum Gasteiger partial charge on any atom is 0.338 e. The third kappa shape index (κ3) is 2.10. The van der Waals surface area contributed by atoms with Crippen LogP contribution in [0, 0.1) is 0 Å². The van der Waals surface area contributed by atoms with Crippen LogP contribution >= 0.6 is 11.8 Å². The van der Waals surface area contributed by atoms with Crippen molar-refractivity contribution < 1.29 is 9.90 Å². The van der Waals surface area contributed by atoms with Crippen molar-refractivity contribution in [1.29, 1.82) is 0 Å². The molecule has 3 rings (SSSR count). The fourth-order valence-corrected chi connectivity index (χ4v) is 2.74. The molecule has 0 spiro atoms. The standard InChI is InChI=1S/C12H9N5O2S/c1-17-12(14-15-16-17)20-10-7-4-2-3-5-9(7)13-6-8(10)11(18)19/h2-6H,1H3,(H,18,19). The van der Waals surface area contributed by atoms with E-state index in [2.05, 4.69) is 20.5 Å². The topological polar surface area (TPSA) is 93.8 Å². The quantitative estimate of drug-likeness (QED) is 0.782. The molecule has 0 atom stereocenters. The molecular formula is C12H9N5O2S. The van der Waals surface area contributed by atoms with Gasteiger partial charge < -0.3 is 5.11 Å². The molecule has 0 fully saturated rings. The van der Waals surface area contributed by atoms with Crippen LogP contribution in [0.25, 0.3) is 10.9 Å². The monoisotopic (exact) mass is 287 g/mol. The fraction of sp³-hybridized carbons (Fsp3) is 0.0833. The summed E-state index contributed by atoms with van der Waals surface area (Å²) in [6, 6.07) is 7.36. The van der Waals surface area contributed by atoms with Crippen molar-refractivity contribution in [3.63, 3.8) is 0 Å². The average molecular weight is 287 g/mol. The van der Waals surface area contributed by atoms with E-state index in [0.717, 1.165) is 10.9 Å². The second-order valence-electron chi connectivity index (χ2n) is 4.01. The van der Waals surface area contributed by atoms with Crippen molar-refractivity contribution >= 4 is 28.6 Å². The van der Waals surface area contributed by atoms with Gasteiger partial charge in [-0.3, -0.25) is 4.98 Å². The van der Waals surface area contributed by atoms with Gasteiger partial charge in [-0.05, 0) is 28.3 Å². The van der Waals surface area contributed by atoms with Gasteiger partial charge in [-0.2, -0.15) is 0 Å². The molecule has 100 valence electrons. The molecule has 1 aromatic carbocycles. The molecule has 0 radical (unpaired) electrons. The molecule has 0 saturated carbocycles. The first kappa shape index (κ1) is 12.5. The Labute approximate surface area is 117 Å². The minimum absolute atomic E-state index is 0.136. The van der Waals surface area contributed by atoms with E-state index in [4.69, 9.17) is 0 Å². The number of tetrazole rings is 1. The van der Waals surface area contributed by atoms with Crippen LogP contribution in [0.2, 0.25) is 0 Å².